The average Bonchev–Trinajstić information content (AvgIpc) is 2.15. The summed E-state index contributed by atoms with van der Waals surface area (Å²) in [7, 11) is 0. The zero-order chi connectivity index (χ0) is 8.10. The fourth-order valence-electron chi connectivity index (χ4n) is 1.12. The standard InChI is InChI=1S/C9H11NO/c1-8-4-2-3-5-9(6-8)11-7-10/h2-3,5,8H,4,6H2,1H3. The lowest BCUT2D eigenvalue weighted by molar-refractivity contribution is 0.334. The number of hydrogen-bond acceptors (Lipinski definition) is 2. The molecule has 0 aromatic heterocycles. The third-order valence-electron chi connectivity index (χ3n) is 1.68. The van der Waals surface area contributed by atoms with Gasteiger partial charge in [0.15, 0.2) is 0 Å². The molecule has 1 atom stereocenters. The summed E-state index contributed by atoms with van der Waals surface area (Å²) in [5.41, 5.74) is 0. The van der Waals surface area contributed by atoms with Gasteiger partial charge < -0.3 is 4.74 Å². The van der Waals surface area contributed by atoms with Crippen LogP contribution in [0.5, 0.6) is 0 Å². The quantitative estimate of drug-likeness (QED) is 0.536. The van der Waals surface area contributed by atoms with Crippen molar-refractivity contribution in [3.05, 3.63) is 24.0 Å². The summed E-state index contributed by atoms with van der Waals surface area (Å²) in [6.45, 7) is 2.14. The maximum Gasteiger partial charge on any atom is 0.291 e. The molecule has 0 heterocycles. The Balaban J connectivity index is 2.58. The summed E-state index contributed by atoms with van der Waals surface area (Å²) in [5.74, 6) is 1.35. The van der Waals surface area contributed by atoms with Gasteiger partial charge in [0.1, 0.15) is 5.76 Å². The van der Waals surface area contributed by atoms with E-state index in [2.05, 4.69) is 13.0 Å². The number of ether oxygens (including phenoxy) is 1. The molecule has 2 heteroatoms. The minimum absolute atomic E-state index is 0.577. The maximum atomic E-state index is 8.26. The maximum absolute atomic E-state index is 8.26. The molecule has 58 valence electrons. The molecular formula is C9H11NO. The molecule has 1 unspecified atom stereocenters. The van der Waals surface area contributed by atoms with Crippen LogP contribution in [-0.2, 0) is 4.74 Å². The van der Waals surface area contributed by atoms with Crippen LogP contribution in [0.25, 0.3) is 0 Å². The minimum atomic E-state index is 0.577. The lowest BCUT2D eigenvalue weighted by Crippen LogP contribution is -1.94. The second-order valence-corrected chi connectivity index (χ2v) is 2.80. The average molecular weight is 149 g/mol. The van der Waals surface area contributed by atoms with Crippen molar-refractivity contribution < 1.29 is 4.74 Å². The van der Waals surface area contributed by atoms with E-state index in [1.54, 1.807) is 6.26 Å². The predicted octanol–water partition coefficient (Wildman–Crippen LogP) is 2.35. The van der Waals surface area contributed by atoms with E-state index in [9.17, 15) is 0 Å². The normalized spacial score (nSPS) is 23.3. The predicted molar refractivity (Wildman–Crippen MR) is 42.3 cm³/mol. The largest absolute Gasteiger partial charge is 0.393 e. The molecule has 0 N–H and O–H groups in total. The van der Waals surface area contributed by atoms with Crippen molar-refractivity contribution in [3.63, 3.8) is 0 Å². The first-order chi connectivity index (χ1) is 5.33. The van der Waals surface area contributed by atoms with E-state index >= 15 is 0 Å². The van der Waals surface area contributed by atoms with Gasteiger partial charge in [-0.05, 0) is 18.4 Å². The summed E-state index contributed by atoms with van der Waals surface area (Å²) in [6.07, 6.45) is 9.50. The molecule has 2 nitrogen and oxygen atoms in total. The Morgan fingerprint density at radius 2 is 2.55 bits per heavy atom. The van der Waals surface area contributed by atoms with Crippen LogP contribution in [0, 0.1) is 17.4 Å². The van der Waals surface area contributed by atoms with Crippen LogP contribution >= 0.6 is 0 Å². The number of rotatable bonds is 1. The van der Waals surface area contributed by atoms with Crippen molar-refractivity contribution in [3.8, 4) is 6.26 Å². The van der Waals surface area contributed by atoms with Crippen molar-refractivity contribution in [2.24, 2.45) is 5.92 Å². The molecule has 0 bridgehead atoms. The molecule has 0 aliphatic heterocycles. The van der Waals surface area contributed by atoms with Gasteiger partial charge in [-0.3, -0.25) is 0 Å². The van der Waals surface area contributed by atoms with Crippen LogP contribution in [0.1, 0.15) is 19.8 Å². The molecule has 0 fully saturated rings. The Bertz CT molecular complexity index is 222. The van der Waals surface area contributed by atoms with E-state index in [1.165, 1.54) is 0 Å². The first kappa shape index (κ1) is 7.87. The first-order valence-corrected chi connectivity index (χ1v) is 3.74. The Kier molecular flexibility index (Phi) is 2.74. The van der Waals surface area contributed by atoms with Crippen molar-refractivity contribution >= 4 is 0 Å². The van der Waals surface area contributed by atoms with E-state index in [1.807, 2.05) is 12.2 Å². The van der Waals surface area contributed by atoms with Crippen molar-refractivity contribution in [1.82, 2.24) is 0 Å². The molecule has 1 rings (SSSR count). The molecule has 0 radical (unpaired) electrons. The van der Waals surface area contributed by atoms with Crippen LogP contribution in [0.3, 0.4) is 0 Å². The summed E-state index contributed by atoms with van der Waals surface area (Å²) in [4.78, 5) is 0. The SMILES string of the molecule is CC1CC=CC=C(OC#N)C1. The van der Waals surface area contributed by atoms with Crippen LogP contribution in [0.2, 0.25) is 0 Å². The van der Waals surface area contributed by atoms with Crippen LogP contribution < -0.4 is 0 Å². The van der Waals surface area contributed by atoms with Gasteiger partial charge in [0.25, 0.3) is 6.26 Å². The van der Waals surface area contributed by atoms with Gasteiger partial charge in [-0.15, -0.1) is 5.26 Å². The molecule has 0 amide bonds. The molecule has 1 aliphatic carbocycles. The summed E-state index contributed by atoms with van der Waals surface area (Å²) < 4.78 is 4.75. The summed E-state index contributed by atoms with van der Waals surface area (Å²) in [6, 6.07) is 0. The molecule has 0 saturated heterocycles. The highest BCUT2D eigenvalue weighted by Crippen LogP contribution is 2.19. The highest BCUT2D eigenvalue weighted by atomic mass is 16.5. The highest BCUT2D eigenvalue weighted by molar-refractivity contribution is 5.12. The Morgan fingerprint density at radius 1 is 1.73 bits per heavy atom. The summed E-state index contributed by atoms with van der Waals surface area (Å²) >= 11 is 0. The van der Waals surface area contributed by atoms with Crippen molar-refractivity contribution in [1.29, 1.82) is 5.26 Å². The van der Waals surface area contributed by atoms with Gasteiger partial charge in [-0.25, -0.2) is 0 Å². The third-order valence-corrected chi connectivity index (χ3v) is 1.68. The van der Waals surface area contributed by atoms with Crippen LogP contribution in [0.15, 0.2) is 24.0 Å². The Labute approximate surface area is 66.8 Å². The van der Waals surface area contributed by atoms with Gasteiger partial charge in [0, 0.05) is 6.42 Å². The molecular weight excluding hydrogens is 138 g/mol. The topological polar surface area (TPSA) is 33.0 Å². The van der Waals surface area contributed by atoms with E-state index in [-0.39, 0.29) is 0 Å². The van der Waals surface area contributed by atoms with Gasteiger partial charge in [-0.1, -0.05) is 19.1 Å². The van der Waals surface area contributed by atoms with E-state index in [0.717, 1.165) is 18.6 Å². The monoisotopic (exact) mass is 149 g/mol. The van der Waals surface area contributed by atoms with Crippen LogP contribution in [-0.4, -0.2) is 0 Å². The molecule has 0 saturated carbocycles. The van der Waals surface area contributed by atoms with Gasteiger partial charge >= 0.3 is 0 Å². The zero-order valence-electron chi connectivity index (χ0n) is 6.58. The Hall–Kier alpha value is -1.23. The zero-order valence-corrected chi connectivity index (χ0v) is 6.58. The van der Waals surface area contributed by atoms with Crippen LogP contribution in [0.4, 0.5) is 0 Å². The number of hydrogen-bond donors (Lipinski definition) is 0. The van der Waals surface area contributed by atoms with Crippen molar-refractivity contribution in [2.75, 3.05) is 0 Å². The highest BCUT2D eigenvalue weighted by Gasteiger charge is 2.07. The molecule has 1 aliphatic rings. The number of nitrogens with zero attached hydrogens (tertiary/aromatic N) is 1. The second-order valence-electron chi connectivity index (χ2n) is 2.80. The fourth-order valence-corrected chi connectivity index (χ4v) is 1.12. The second kappa shape index (κ2) is 3.82. The summed E-state index contributed by atoms with van der Waals surface area (Å²) in [5, 5.41) is 8.26. The van der Waals surface area contributed by atoms with E-state index in [4.69, 9.17) is 10.00 Å². The lowest BCUT2D eigenvalue weighted by Gasteiger charge is -2.06. The minimum Gasteiger partial charge on any atom is -0.393 e. The fraction of sp³-hybridized carbons (Fsp3) is 0.444. The van der Waals surface area contributed by atoms with E-state index < -0.39 is 0 Å². The molecule has 0 spiro atoms. The van der Waals surface area contributed by atoms with Gasteiger partial charge in [0.05, 0.1) is 0 Å². The van der Waals surface area contributed by atoms with Gasteiger partial charge in [0.2, 0.25) is 0 Å². The van der Waals surface area contributed by atoms with E-state index in [0.29, 0.717) is 5.92 Å². The Morgan fingerprint density at radius 3 is 3.27 bits per heavy atom. The third kappa shape index (κ3) is 2.46. The molecule has 0 aromatic carbocycles. The molecule has 11 heavy (non-hydrogen) atoms. The number of nitriles is 1. The smallest absolute Gasteiger partial charge is 0.291 e. The molecule has 0 aromatic rings. The number of allylic oxidation sites excluding steroid dienone is 4. The first-order valence-electron chi connectivity index (χ1n) is 3.74. The lowest BCUT2D eigenvalue weighted by atomic mass is 10.0. The van der Waals surface area contributed by atoms with Gasteiger partial charge in [-0.2, -0.15) is 0 Å². The van der Waals surface area contributed by atoms with Crippen molar-refractivity contribution in [2.45, 2.75) is 19.8 Å².